The highest BCUT2D eigenvalue weighted by molar-refractivity contribution is 5.93. The molecule has 1 heterocycles. The number of para-hydroxylation sites is 2. The molecule has 0 atom stereocenters. The summed E-state index contributed by atoms with van der Waals surface area (Å²) in [6.45, 7) is 2.65. The maximum Gasteiger partial charge on any atom is 0.292 e. The summed E-state index contributed by atoms with van der Waals surface area (Å²) in [5.41, 5.74) is 1.24. The number of rotatable bonds is 8. The van der Waals surface area contributed by atoms with E-state index in [1.165, 1.54) is 27.4 Å². The van der Waals surface area contributed by atoms with Gasteiger partial charge in [0.1, 0.15) is 5.69 Å². The summed E-state index contributed by atoms with van der Waals surface area (Å²) in [6.07, 6.45) is 0. The highest BCUT2D eigenvalue weighted by atomic mass is 16.6. The first-order valence-electron chi connectivity index (χ1n) is 9.77. The molecular weight excluding hydrogens is 404 g/mol. The second kappa shape index (κ2) is 9.98. The number of carbonyl (C=O) groups excluding carboxylic acids is 1. The monoisotopic (exact) mass is 430 g/mol. The highest BCUT2D eigenvalue weighted by Gasteiger charge is 2.24. The number of piperazine rings is 1. The predicted octanol–water partition coefficient (Wildman–Crippen LogP) is 2.38. The summed E-state index contributed by atoms with van der Waals surface area (Å²) >= 11 is 0. The Morgan fingerprint density at radius 3 is 2.19 bits per heavy atom. The summed E-state index contributed by atoms with van der Waals surface area (Å²) < 4.78 is 15.9. The third-order valence-corrected chi connectivity index (χ3v) is 5.11. The zero-order chi connectivity index (χ0) is 22.4. The molecule has 0 radical (unpaired) electrons. The Labute approximate surface area is 180 Å². The van der Waals surface area contributed by atoms with Crippen molar-refractivity contribution in [1.82, 2.24) is 4.90 Å². The lowest BCUT2D eigenvalue weighted by Gasteiger charge is -2.35. The van der Waals surface area contributed by atoms with Gasteiger partial charge in [0, 0.05) is 50.1 Å². The van der Waals surface area contributed by atoms with E-state index in [1.807, 2.05) is 9.80 Å². The van der Waals surface area contributed by atoms with Crippen molar-refractivity contribution in [3.8, 4) is 17.2 Å². The Hall–Kier alpha value is -3.53. The van der Waals surface area contributed by atoms with Gasteiger partial charge >= 0.3 is 0 Å². The van der Waals surface area contributed by atoms with E-state index in [4.69, 9.17) is 14.2 Å². The van der Waals surface area contributed by atoms with Gasteiger partial charge in [-0.2, -0.15) is 0 Å². The third kappa shape index (κ3) is 5.15. The van der Waals surface area contributed by atoms with E-state index < -0.39 is 0 Å². The van der Waals surface area contributed by atoms with Crippen molar-refractivity contribution in [1.29, 1.82) is 0 Å². The molecule has 2 aromatic rings. The summed E-state index contributed by atoms with van der Waals surface area (Å²) in [5.74, 6) is 1.19. The zero-order valence-electron chi connectivity index (χ0n) is 17.8. The molecule has 1 N–H and O–H groups in total. The number of hydrogen-bond acceptors (Lipinski definition) is 8. The maximum absolute atomic E-state index is 12.6. The molecule has 3 rings (SSSR count). The van der Waals surface area contributed by atoms with Gasteiger partial charge in [-0.25, -0.2) is 0 Å². The standard InChI is InChI=1S/C21H26N4O6/c1-29-18-12-15(13-19(30-2)21(18)31-3)22-20(26)14-23-8-10-24(11-9-23)16-6-4-5-7-17(16)25(27)28/h4-7,12-13H,8-11,14H2,1-3H3,(H,22,26). The van der Waals surface area contributed by atoms with E-state index >= 15 is 0 Å². The number of ether oxygens (including phenoxy) is 3. The summed E-state index contributed by atoms with van der Waals surface area (Å²) in [5, 5.41) is 14.1. The van der Waals surface area contributed by atoms with Gasteiger partial charge in [-0.15, -0.1) is 0 Å². The Morgan fingerprint density at radius 1 is 1.03 bits per heavy atom. The van der Waals surface area contributed by atoms with Crippen molar-refractivity contribution in [2.45, 2.75) is 0 Å². The molecule has 31 heavy (non-hydrogen) atoms. The van der Waals surface area contributed by atoms with E-state index in [0.29, 0.717) is 54.8 Å². The SMILES string of the molecule is COc1cc(NC(=O)CN2CCN(c3ccccc3[N+](=O)[O-])CC2)cc(OC)c1OC. The van der Waals surface area contributed by atoms with Crippen LogP contribution in [-0.4, -0.2) is 69.8 Å². The van der Waals surface area contributed by atoms with E-state index in [2.05, 4.69) is 5.32 Å². The number of nitro benzene ring substituents is 1. The number of carbonyl (C=O) groups is 1. The molecule has 0 unspecified atom stereocenters. The average Bonchev–Trinajstić information content (AvgIpc) is 2.78. The Morgan fingerprint density at radius 2 is 1.65 bits per heavy atom. The minimum absolute atomic E-state index is 0.0936. The first-order valence-corrected chi connectivity index (χ1v) is 9.77. The van der Waals surface area contributed by atoms with Crippen LogP contribution in [0.25, 0.3) is 0 Å². The van der Waals surface area contributed by atoms with Crippen LogP contribution in [0.3, 0.4) is 0 Å². The molecule has 2 aromatic carbocycles. The van der Waals surface area contributed by atoms with E-state index in [1.54, 1.807) is 30.3 Å². The van der Waals surface area contributed by atoms with Crippen molar-refractivity contribution in [2.75, 3.05) is 64.3 Å². The minimum Gasteiger partial charge on any atom is -0.493 e. The summed E-state index contributed by atoms with van der Waals surface area (Å²) in [6, 6.07) is 10.1. The third-order valence-electron chi connectivity index (χ3n) is 5.11. The van der Waals surface area contributed by atoms with Crippen molar-refractivity contribution in [2.24, 2.45) is 0 Å². The van der Waals surface area contributed by atoms with Crippen molar-refractivity contribution < 1.29 is 23.9 Å². The molecule has 1 aliphatic heterocycles. The molecule has 0 aromatic heterocycles. The molecule has 1 saturated heterocycles. The zero-order valence-corrected chi connectivity index (χ0v) is 17.8. The normalized spacial score (nSPS) is 14.1. The molecule has 10 nitrogen and oxygen atoms in total. The fourth-order valence-electron chi connectivity index (χ4n) is 3.59. The number of nitro groups is 1. The molecule has 10 heteroatoms. The Kier molecular flexibility index (Phi) is 7.14. The number of nitrogens with one attached hydrogen (secondary N) is 1. The summed E-state index contributed by atoms with van der Waals surface area (Å²) in [4.78, 5) is 27.5. The topological polar surface area (TPSA) is 106 Å². The Bertz CT molecular complexity index is 918. The molecule has 0 bridgehead atoms. The van der Waals surface area contributed by atoms with Crippen molar-refractivity contribution >= 4 is 23.0 Å². The quantitative estimate of drug-likeness (QED) is 0.503. The number of benzene rings is 2. The number of hydrogen-bond donors (Lipinski definition) is 1. The van der Waals surface area contributed by atoms with Crippen LogP contribution in [0.1, 0.15) is 0 Å². The van der Waals surface area contributed by atoms with E-state index in [0.717, 1.165) is 0 Å². The maximum atomic E-state index is 12.6. The lowest BCUT2D eigenvalue weighted by atomic mass is 10.2. The number of amides is 1. The number of anilines is 2. The largest absolute Gasteiger partial charge is 0.493 e. The lowest BCUT2D eigenvalue weighted by molar-refractivity contribution is -0.384. The first kappa shape index (κ1) is 22.2. The van der Waals surface area contributed by atoms with Crippen LogP contribution in [-0.2, 0) is 4.79 Å². The smallest absolute Gasteiger partial charge is 0.292 e. The van der Waals surface area contributed by atoms with Crippen LogP contribution < -0.4 is 24.4 Å². The van der Waals surface area contributed by atoms with Crippen LogP contribution in [0.15, 0.2) is 36.4 Å². The Balaban J connectivity index is 1.59. The van der Waals surface area contributed by atoms with E-state index in [-0.39, 0.29) is 23.1 Å². The molecule has 1 amide bonds. The van der Waals surface area contributed by atoms with Gasteiger partial charge in [0.2, 0.25) is 11.7 Å². The van der Waals surface area contributed by atoms with Gasteiger partial charge in [-0.3, -0.25) is 19.8 Å². The van der Waals surface area contributed by atoms with Gasteiger partial charge in [0.25, 0.3) is 5.69 Å². The number of methoxy groups -OCH3 is 3. The van der Waals surface area contributed by atoms with Crippen LogP contribution >= 0.6 is 0 Å². The molecule has 1 fully saturated rings. The fraction of sp³-hybridized carbons (Fsp3) is 0.381. The van der Waals surface area contributed by atoms with Crippen LogP contribution in [0, 0.1) is 10.1 Å². The highest BCUT2D eigenvalue weighted by Crippen LogP contribution is 2.39. The molecular formula is C21H26N4O6. The molecule has 0 spiro atoms. The minimum atomic E-state index is -0.368. The number of nitrogens with zero attached hydrogens (tertiary/aromatic N) is 3. The average molecular weight is 430 g/mol. The predicted molar refractivity (Wildman–Crippen MR) is 116 cm³/mol. The van der Waals surface area contributed by atoms with Crippen molar-refractivity contribution in [3.63, 3.8) is 0 Å². The van der Waals surface area contributed by atoms with Crippen LogP contribution in [0.4, 0.5) is 17.1 Å². The second-order valence-electron chi connectivity index (χ2n) is 6.97. The van der Waals surface area contributed by atoms with Gasteiger partial charge in [-0.1, -0.05) is 12.1 Å². The van der Waals surface area contributed by atoms with Crippen LogP contribution in [0.2, 0.25) is 0 Å². The second-order valence-corrected chi connectivity index (χ2v) is 6.97. The lowest BCUT2D eigenvalue weighted by Crippen LogP contribution is -2.48. The molecule has 1 aliphatic rings. The molecule has 0 aliphatic carbocycles. The van der Waals surface area contributed by atoms with Crippen LogP contribution in [0.5, 0.6) is 17.2 Å². The molecule has 0 saturated carbocycles. The van der Waals surface area contributed by atoms with Gasteiger partial charge < -0.3 is 24.4 Å². The van der Waals surface area contributed by atoms with Gasteiger partial charge in [0.15, 0.2) is 11.5 Å². The van der Waals surface area contributed by atoms with Gasteiger partial charge in [0.05, 0.1) is 32.8 Å². The first-order chi connectivity index (χ1) is 15.0. The van der Waals surface area contributed by atoms with Crippen molar-refractivity contribution in [3.05, 3.63) is 46.5 Å². The molecule has 166 valence electrons. The van der Waals surface area contributed by atoms with E-state index in [9.17, 15) is 14.9 Å². The fourth-order valence-corrected chi connectivity index (χ4v) is 3.59. The van der Waals surface area contributed by atoms with Gasteiger partial charge in [-0.05, 0) is 6.07 Å². The summed E-state index contributed by atoms with van der Waals surface area (Å²) in [7, 11) is 4.54.